The molecule has 3 heteroatoms. The summed E-state index contributed by atoms with van der Waals surface area (Å²) in [7, 11) is 0. The molecule has 0 saturated carbocycles. The van der Waals surface area contributed by atoms with Gasteiger partial charge in [0.15, 0.2) is 5.54 Å². The van der Waals surface area contributed by atoms with E-state index < -0.39 is 5.54 Å². The summed E-state index contributed by atoms with van der Waals surface area (Å²) in [6.45, 7) is 1.93. The first-order valence-corrected chi connectivity index (χ1v) is 7.96. The first kappa shape index (κ1) is 15.8. The molecule has 1 unspecified atom stereocenters. The minimum Gasteiger partial charge on any atom is -0.292 e. The average Bonchev–Trinajstić information content (AvgIpc) is 2.66. The van der Waals surface area contributed by atoms with Crippen molar-refractivity contribution in [2.24, 2.45) is 0 Å². The van der Waals surface area contributed by atoms with Crippen LogP contribution in [0.25, 0.3) is 12.2 Å². The number of hydrogen-bond donors (Lipinski definition) is 0. The minimum atomic E-state index is -0.969. The second-order valence-corrected chi connectivity index (χ2v) is 5.68. The molecular formula is C21H18N2O. The number of carbonyl (C=O) groups excluding carboxylic acids is 1. The van der Waals surface area contributed by atoms with E-state index in [-0.39, 0.29) is 5.91 Å². The van der Waals surface area contributed by atoms with Crippen molar-refractivity contribution in [3.05, 3.63) is 83.6 Å². The van der Waals surface area contributed by atoms with Crippen molar-refractivity contribution in [3.8, 4) is 6.07 Å². The maximum Gasteiger partial charge on any atom is 0.252 e. The van der Waals surface area contributed by atoms with Crippen LogP contribution in [-0.2, 0) is 10.3 Å². The van der Waals surface area contributed by atoms with E-state index >= 15 is 0 Å². The molecule has 1 aliphatic heterocycles. The summed E-state index contributed by atoms with van der Waals surface area (Å²) in [5, 5.41) is 9.89. The Hall–Kier alpha value is -3.12. The maximum absolute atomic E-state index is 12.8. The van der Waals surface area contributed by atoms with Crippen molar-refractivity contribution >= 4 is 18.1 Å². The highest BCUT2D eigenvalue weighted by Gasteiger charge is 2.41. The van der Waals surface area contributed by atoms with Crippen LogP contribution in [0.4, 0.5) is 0 Å². The van der Waals surface area contributed by atoms with E-state index in [0.717, 1.165) is 16.7 Å². The molecular weight excluding hydrogens is 296 g/mol. The Morgan fingerprint density at radius 2 is 1.88 bits per heavy atom. The molecule has 1 amide bonds. The highest BCUT2D eigenvalue weighted by Crippen LogP contribution is 2.38. The molecule has 0 radical (unpaired) electrons. The molecule has 24 heavy (non-hydrogen) atoms. The van der Waals surface area contributed by atoms with Crippen LogP contribution < -0.4 is 0 Å². The Morgan fingerprint density at radius 3 is 2.58 bits per heavy atom. The molecule has 0 aliphatic carbocycles. The number of carbonyl (C=O) groups is 1. The molecule has 0 fully saturated rings. The third-order valence-electron chi connectivity index (χ3n) is 4.37. The van der Waals surface area contributed by atoms with E-state index in [1.807, 2.05) is 67.6 Å². The van der Waals surface area contributed by atoms with Gasteiger partial charge in [0.1, 0.15) is 0 Å². The van der Waals surface area contributed by atoms with Crippen LogP contribution in [0.2, 0.25) is 0 Å². The molecule has 0 aromatic heterocycles. The fraction of sp³-hybridized carbons (Fsp3) is 0.143. The number of rotatable bonds is 3. The largest absolute Gasteiger partial charge is 0.292 e. The topological polar surface area (TPSA) is 44.1 Å². The van der Waals surface area contributed by atoms with Gasteiger partial charge in [-0.25, -0.2) is 0 Å². The van der Waals surface area contributed by atoms with Crippen LogP contribution in [0.15, 0.2) is 66.9 Å². The van der Waals surface area contributed by atoms with Gasteiger partial charge in [-0.15, -0.1) is 0 Å². The van der Waals surface area contributed by atoms with Gasteiger partial charge in [-0.05, 0) is 35.3 Å². The second kappa shape index (κ2) is 6.55. The Balaban J connectivity index is 1.97. The van der Waals surface area contributed by atoms with Gasteiger partial charge in [0, 0.05) is 12.3 Å². The number of benzene rings is 2. The van der Waals surface area contributed by atoms with E-state index in [9.17, 15) is 10.1 Å². The van der Waals surface area contributed by atoms with Crippen LogP contribution in [0.1, 0.15) is 30.0 Å². The van der Waals surface area contributed by atoms with Gasteiger partial charge in [0.2, 0.25) is 0 Å². The standard InChI is InChI=1S/C21H18N2O/c1-2-21(16-22)19-11-7-6-10-18(19)14-15-23(21)20(24)13-12-17-8-4-3-5-9-17/h3-15H,2H2,1H3/b13-12+. The van der Waals surface area contributed by atoms with Crippen LogP contribution in [-0.4, -0.2) is 10.8 Å². The lowest BCUT2D eigenvalue weighted by Crippen LogP contribution is -2.46. The molecule has 118 valence electrons. The Labute approximate surface area is 142 Å². The van der Waals surface area contributed by atoms with Crippen molar-refractivity contribution in [1.29, 1.82) is 5.26 Å². The molecule has 0 saturated heterocycles. The predicted molar refractivity (Wildman–Crippen MR) is 95.4 cm³/mol. The minimum absolute atomic E-state index is 0.201. The first-order valence-electron chi connectivity index (χ1n) is 7.96. The Bertz CT molecular complexity index is 846. The zero-order valence-electron chi connectivity index (χ0n) is 13.5. The van der Waals surface area contributed by atoms with Gasteiger partial charge in [-0.2, -0.15) is 5.26 Å². The normalized spacial score (nSPS) is 19.1. The fourth-order valence-electron chi connectivity index (χ4n) is 3.06. The third-order valence-corrected chi connectivity index (χ3v) is 4.37. The molecule has 3 nitrogen and oxygen atoms in total. The Morgan fingerprint density at radius 1 is 1.17 bits per heavy atom. The van der Waals surface area contributed by atoms with E-state index in [0.29, 0.717) is 6.42 Å². The summed E-state index contributed by atoms with van der Waals surface area (Å²) in [5.41, 5.74) is 1.84. The second-order valence-electron chi connectivity index (χ2n) is 5.68. The highest BCUT2D eigenvalue weighted by molar-refractivity contribution is 5.94. The van der Waals surface area contributed by atoms with Crippen LogP contribution in [0.5, 0.6) is 0 Å². The van der Waals surface area contributed by atoms with E-state index in [1.54, 1.807) is 12.3 Å². The number of nitrogens with zero attached hydrogens (tertiary/aromatic N) is 2. The molecule has 2 aromatic carbocycles. The summed E-state index contributed by atoms with van der Waals surface area (Å²) in [4.78, 5) is 14.3. The lowest BCUT2D eigenvalue weighted by Gasteiger charge is -2.39. The molecule has 3 rings (SSSR count). The van der Waals surface area contributed by atoms with Crippen LogP contribution in [0, 0.1) is 11.3 Å². The van der Waals surface area contributed by atoms with Gasteiger partial charge in [-0.3, -0.25) is 9.69 Å². The highest BCUT2D eigenvalue weighted by atomic mass is 16.2. The van der Waals surface area contributed by atoms with Gasteiger partial charge in [0.25, 0.3) is 5.91 Å². The number of amides is 1. The van der Waals surface area contributed by atoms with Crippen molar-refractivity contribution < 1.29 is 4.79 Å². The molecule has 1 aliphatic rings. The summed E-state index contributed by atoms with van der Waals surface area (Å²) in [6.07, 6.45) is 7.42. The lowest BCUT2D eigenvalue weighted by atomic mass is 9.81. The Kier molecular flexibility index (Phi) is 4.31. The number of hydrogen-bond acceptors (Lipinski definition) is 2. The van der Waals surface area contributed by atoms with Crippen LogP contribution in [0.3, 0.4) is 0 Å². The summed E-state index contributed by atoms with van der Waals surface area (Å²) < 4.78 is 0. The van der Waals surface area contributed by atoms with Gasteiger partial charge in [0.05, 0.1) is 6.07 Å². The zero-order chi connectivity index (χ0) is 17.0. The van der Waals surface area contributed by atoms with Gasteiger partial charge >= 0.3 is 0 Å². The van der Waals surface area contributed by atoms with Crippen molar-refractivity contribution in [2.75, 3.05) is 0 Å². The molecule has 1 atom stereocenters. The number of nitriles is 1. The smallest absolute Gasteiger partial charge is 0.252 e. The van der Waals surface area contributed by atoms with Crippen LogP contribution >= 0.6 is 0 Å². The molecule has 0 spiro atoms. The van der Waals surface area contributed by atoms with E-state index in [1.165, 1.54) is 11.0 Å². The maximum atomic E-state index is 12.8. The van der Waals surface area contributed by atoms with E-state index in [4.69, 9.17) is 0 Å². The predicted octanol–water partition coefficient (Wildman–Crippen LogP) is 4.34. The van der Waals surface area contributed by atoms with Crippen molar-refractivity contribution in [3.63, 3.8) is 0 Å². The molecule has 2 aromatic rings. The molecule has 1 heterocycles. The summed E-state index contributed by atoms with van der Waals surface area (Å²) >= 11 is 0. The zero-order valence-corrected chi connectivity index (χ0v) is 13.5. The third kappa shape index (κ3) is 2.63. The summed E-state index contributed by atoms with van der Waals surface area (Å²) in [5.74, 6) is -0.201. The van der Waals surface area contributed by atoms with Gasteiger partial charge in [-0.1, -0.05) is 61.5 Å². The monoisotopic (exact) mass is 314 g/mol. The van der Waals surface area contributed by atoms with E-state index in [2.05, 4.69) is 6.07 Å². The quantitative estimate of drug-likeness (QED) is 0.791. The fourth-order valence-corrected chi connectivity index (χ4v) is 3.06. The van der Waals surface area contributed by atoms with Crippen molar-refractivity contribution in [2.45, 2.75) is 18.9 Å². The molecule has 0 N–H and O–H groups in total. The summed E-state index contributed by atoms with van der Waals surface area (Å²) in [6, 6.07) is 19.8. The lowest BCUT2D eigenvalue weighted by molar-refractivity contribution is -0.127. The van der Waals surface area contributed by atoms with Crippen molar-refractivity contribution in [1.82, 2.24) is 4.90 Å². The number of fused-ring (bicyclic) bond motifs is 1. The molecule has 0 bridgehead atoms. The SMILES string of the molecule is CCC1(C#N)c2ccccc2C=CN1C(=O)/C=C/c1ccccc1. The average molecular weight is 314 g/mol. The van der Waals surface area contributed by atoms with Gasteiger partial charge < -0.3 is 0 Å². The first-order chi connectivity index (χ1) is 11.7.